The van der Waals surface area contributed by atoms with Crippen LogP contribution in [0.15, 0.2) is 36.4 Å². The van der Waals surface area contributed by atoms with Crippen molar-refractivity contribution in [2.45, 2.75) is 39.3 Å². The molecule has 0 amide bonds. The van der Waals surface area contributed by atoms with Gasteiger partial charge in [-0.1, -0.05) is 18.2 Å². The highest BCUT2D eigenvalue weighted by Crippen LogP contribution is 2.38. The minimum Gasteiger partial charge on any atom is -0.487 e. The smallest absolute Gasteiger partial charge is 0.123 e. The van der Waals surface area contributed by atoms with Gasteiger partial charge in [-0.15, -0.1) is 0 Å². The maximum absolute atomic E-state index is 5.97. The van der Waals surface area contributed by atoms with Crippen molar-refractivity contribution in [2.24, 2.45) is 0 Å². The summed E-state index contributed by atoms with van der Waals surface area (Å²) < 4.78 is 5.97. The Balaban J connectivity index is 2.01. The third kappa shape index (κ3) is 2.81. The van der Waals surface area contributed by atoms with Crippen LogP contribution in [-0.2, 0) is 13.0 Å². The summed E-state index contributed by atoms with van der Waals surface area (Å²) in [5.41, 5.74) is 6.46. The van der Waals surface area contributed by atoms with Crippen molar-refractivity contribution in [3.63, 3.8) is 0 Å². The fourth-order valence-electron chi connectivity index (χ4n) is 3.07. The van der Waals surface area contributed by atoms with E-state index in [0.29, 0.717) is 0 Å². The molecule has 1 heterocycles. The van der Waals surface area contributed by atoms with Gasteiger partial charge in [-0.05, 0) is 73.8 Å². The molecule has 2 nitrogen and oxygen atoms in total. The summed E-state index contributed by atoms with van der Waals surface area (Å²) in [4.78, 5) is 0. The topological polar surface area (TPSA) is 21.3 Å². The molecule has 0 unspecified atom stereocenters. The van der Waals surface area contributed by atoms with E-state index in [-0.39, 0.29) is 5.60 Å². The lowest BCUT2D eigenvalue weighted by molar-refractivity contribution is 0.138. The Hall–Kier alpha value is -1.80. The average molecular weight is 281 g/mol. The molecule has 0 atom stereocenters. The lowest BCUT2D eigenvalue weighted by Crippen LogP contribution is -2.24. The molecule has 2 aromatic carbocycles. The molecule has 1 aliphatic heterocycles. The van der Waals surface area contributed by atoms with Gasteiger partial charge >= 0.3 is 0 Å². The maximum Gasteiger partial charge on any atom is 0.123 e. The third-order valence-corrected chi connectivity index (χ3v) is 4.06. The molecule has 0 aliphatic carbocycles. The van der Waals surface area contributed by atoms with Crippen molar-refractivity contribution in [3.8, 4) is 16.9 Å². The summed E-state index contributed by atoms with van der Waals surface area (Å²) >= 11 is 0. The van der Waals surface area contributed by atoms with E-state index in [1.54, 1.807) is 0 Å². The molecule has 2 aromatic rings. The molecule has 1 aliphatic rings. The largest absolute Gasteiger partial charge is 0.487 e. The van der Waals surface area contributed by atoms with Crippen LogP contribution in [0.4, 0.5) is 0 Å². The van der Waals surface area contributed by atoms with Gasteiger partial charge in [0.25, 0.3) is 0 Å². The van der Waals surface area contributed by atoms with Crippen LogP contribution in [0, 0.1) is 6.92 Å². The zero-order chi connectivity index (χ0) is 15.0. The first-order chi connectivity index (χ1) is 9.98. The van der Waals surface area contributed by atoms with E-state index in [9.17, 15) is 0 Å². The van der Waals surface area contributed by atoms with Crippen molar-refractivity contribution in [3.05, 3.63) is 53.1 Å². The normalized spacial score (nSPS) is 15.6. The first-order valence-corrected chi connectivity index (χ1v) is 7.55. The Labute approximate surface area is 127 Å². The van der Waals surface area contributed by atoms with E-state index in [0.717, 1.165) is 18.7 Å². The molecule has 0 saturated carbocycles. The van der Waals surface area contributed by atoms with Gasteiger partial charge in [0.1, 0.15) is 11.4 Å². The summed E-state index contributed by atoms with van der Waals surface area (Å²) in [5, 5.41) is 3.21. The van der Waals surface area contributed by atoms with Crippen molar-refractivity contribution in [1.29, 1.82) is 0 Å². The van der Waals surface area contributed by atoms with E-state index in [1.807, 2.05) is 7.05 Å². The molecule has 0 aromatic heterocycles. The standard InChI is InChI=1S/C19H23NO/c1-13-5-6-14(12-20-4)9-17(13)15-7-8-18-16(10-15)11-19(2,3)21-18/h5-10,20H,11-12H2,1-4H3. The van der Waals surface area contributed by atoms with E-state index >= 15 is 0 Å². The number of hydrogen-bond acceptors (Lipinski definition) is 2. The zero-order valence-electron chi connectivity index (χ0n) is 13.3. The Morgan fingerprint density at radius 3 is 2.71 bits per heavy atom. The SMILES string of the molecule is CNCc1ccc(C)c(-c2ccc3c(c2)CC(C)(C)O3)c1. The van der Waals surface area contributed by atoms with Gasteiger partial charge in [0.2, 0.25) is 0 Å². The van der Waals surface area contributed by atoms with E-state index < -0.39 is 0 Å². The van der Waals surface area contributed by atoms with Crippen LogP contribution >= 0.6 is 0 Å². The van der Waals surface area contributed by atoms with Crippen LogP contribution in [0.1, 0.15) is 30.5 Å². The number of benzene rings is 2. The Bertz CT molecular complexity index is 673. The molecule has 0 saturated heterocycles. The number of aryl methyl sites for hydroxylation is 1. The molecular weight excluding hydrogens is 258 g/mol. The van der Waals surface area contributed by atoms with Crippen LogP contribution in [0.3, 0.4) is 0 Å². The summed E-state index contributed by atoms with van der Waals surface area (Å²) in [6, 6.07) is 13.3. The monoisotopic (exact) mass is 281 g/mol. The van der Waals surface area contributed by atoms with Gasteiger partial charge < -0.3 is 10.1 Å². The Morgan fingerprint density at radius 2 is 1.95 bits per heavy atom. The lowest BCUT2D eigenvalue weighted by Gasteiger charge is -2.16. The van der Waals surface area contributed by atoms with Gasteiger partial charge in [-0.3, -0.25) is 0 Å². The second kappa shape index (κ2) is 5.19. The molecule has 21 heavy (non-hydrogen) atoms. The minimum absolute atomic E-state index is 0.0794. The Kier molecular flexibility index (Phi) is 3.50. The summed E-state index contributed by atoms with van der Waals surface area (Å²) in [6.07, 6.45) is 0.978. The molecule has 110 valence electrons. The van der Waals surface area contributed by atoms with Crippen LogP contribution < -0.4 is 10.1 Å². The molecule has 0 radical (unpaired) electrons. The van der Waals surface area contributed by atoms with Crippen LogP contribution in [0.5, 0.6) is 5.75 Å². The Morgan fingerprint density at radius 1 is 1.14 bits per heavy atom. The number of fused-ring (bicyclic) bond motifs is 1. The van der Waals surface area contributed by atoms with E-state index in [1.165, 1.54) is 27.8 Å². The highest BCUT2D eigenvalue weighted by Gasteiger charge is 2.30. The first-order valence-electron chi connectivity index (χ1n) is 7.55. The maximum atomic E-state index is 5.97. The fraction of sp³-hybridized carbons (Fsp3) is 0.368. The van der Waals surface area contributed by atoms with Gasteiger partial charge in [-0.25, -0.2) is 0 Å². The van der Waals surface area contributed by atoms with Crippen molar-refractivity contribution in [2.75, 3.05) is 7.05 Å². The average Bonchev–Trinajstić information content (AvgIpc) is 2.74. The number of nitrogens with one attached hydrogen (secondary N) is 1. The molecule has 0 fully saturated rings. The first kappa shape index (κ1) is 14.2. The van der Waals surface area contributed by atoms with E-state index in [2.05, 4.69) is 62.5 Å². The highest BCUT2D eigenvalue weighted by molar-refractivity contribution is 5.70. The van der Waals surface area contributed by atoms with Gasteiger partial charge in [-0.2, -0.15) is 0 Å². The fourth-order valence-corrected chi connectivity index (χ4v) is 3.07. The van der Waals surface area contributed by atoms with Crippen LogP contribution in [-0.4, -0.2) is 12.6 Å². The van der Waals surface area contributed by atoms with Crippen molar-refractivity contribution >= 4 is 0 Å². The predicted octanol–water partition coefficient (Wildman–Crippen LogP) is 4.09. The van der Waals surface area contributed by atoms with Gasteiger partial charge in [0.15, 0.2) is 0 Å². The number of rotatable bonds is 3. The van der Waals surface area contributed by atoms with Crippen molar-refractivity contribution < 1.29 is 4.74 Å². The lowest BCUT2D eigenvalue weighted by atomic mass is 9.94. The molecule has 0 spiro atoms. The quantitative estimate of drug-likeness (QED) is 0.914. The van der Waals surface area contributed by atoms with Gasteiger partial charge in [0.05, 0.1) is 0 Å². The van der Waals surface area contributed by atoms with Crippen LogP contribution in [0.2, 0.25) is 0 Å². The molecule has 3 rings (SSSR count). The third-order valence-electron chi connectivity index (χ3n) is 4.06. The second-order valence-corrected chi connectivity index (χ2v) is 6.54. The van der Waals surface area contributed by atoms with Crippen molar-refractivity contribution in [1.82, 2.24) is 5.32 Å². The minimum atomic E-state index is -0.0794. The number of ether oxygens (including phenoxy) is 1. The van der Waals surface area contributed by atoms with Crippen LogP contribution in [0.25, 0.3) is 11.1 Å². The molecular formula is C19H23NO. The van der Waals surface area contributed by atoms with E-state index in [4.69, 9.17) is 4.74 Å². The second-order valence-electron chi connectivity index (χ2n) is 6.54. The molecule has 2 heteroatoms. The number of hydrogen-bond donors (Lipinski definition) is 1. The highest BCUT2D eigenvalue weighted by atomic mass is 16.5. The summed E-state index contributed by atoms with van der Waals surface area (Å²) in [6.45, 7) is 7.36. The predicted molar refractivity (Wildman–Crippen MR) is 87.8 cm³/mol. The molecule has 1 N–H and O–H groups in total. The van der Waals surface area contributed by atoms with Gasteiger partial charge in [0, 0.05) is 13.0 Å². The summed E-state index contributed by atoms with van der Waals surface area (Å²) in [7, 11) is 1.98. The zero-order valence-corrected chi connectivity index (χ0v) is 13.3. The summed E-state index contributed by atoms with van der Waals surface area (Å²) in [5.74, 6) is 1.03. The molecule has 0 bridgehead atoms.